The van der Waals surface area contributed by atoms with E-state index in [1.165, 1.54) is 19.1 Å². The van der Waals surface area contributed by atoms with Gasteiger partial charge >= 0.3 is 6.18 Å². The topological polar surface area (TPSA) is 41.5 Å². The Kier molecular flexibility index (Phi) is 4.25. The maximum atomic E-state index is 12.3. The fourth-order valence-corrected chi connectivity index (χ4v) is 1.12. The average Bonchev–Trinajstić information content (AvgIpc) is 2.29. The Balaban J connectivity index is 2.73. The predicted molar refractivity (Wildman–Crippen MR) is 57.7 cm³/mol. The third-order valence-corrected chi connectivity index (χ3v) is 1.99. The van der Waals surface area contributed by atoms with E-state index in [-0.39, 0.29) is 12.0 Å². The van der Waals surface area contributed by atoms with E-state index >= 15 is 0 Å². The van der Waals surface area contributed by atoms with Gasteiger partial charge in [0.05, 0.1) is 0 Å². The number of carbonyl (C=O) groups excluding carboxylic acids is 1. The van der Waals surface area contributed by atoms with Gasteiger partial charge in [0.15, 0.2) is 0 Å². The molecular formula is C11H11F3N2O. The maximum absolute atomic E-state index is 12.3. The Hall–Kier alpha value is -1.85. The van der Waals surface area contributed by atoms with Crippen LogP contribution in [-0.4, -0.2) is 17.8 Å². The molecule has 0 saturated carbocycles. The van der Waals surface area contributed by atoms with Gasteiger partial charge in [-0.1, -0.05) is 25.1 Å². The largest absolute Gasteiger partial charge is 0.431 e. The molecule has 6 heteroatoms. The second kappa shape index (κ2) is 5.47. The van der Waals surface area contributed by atoms with Crippen LogP contribution in [0.4, 0.5) is 13.2 Å². The molecule has 0 bridgehead atoms. The Labute approximate surface area is 96.3 Å². The molecule has 0 saturated heterocycles. The maximum Gasteiger partial charge on any atom is 0.431 e. The number of amides is 1. The summed E-state index contributed by atoms with van der Waals surface area (Å²) in [5.74, 6) is -0.666. The first-order valence-corrected chi connectivity index (χ1v) is 4.94. The highest BCUT2D eigenvalue weighted by molar-refractivity contribution is 5.96. The molecule has 0 aliphatic carbocycles. The second-order valence-corrected chi connectivity index (χ2v) is 3.22. The predicted octanol–water partition coefficient (Wildman–Crippen LogP) is 2.74. The summed E-state index contributed by atoms with van der Waals surface area (Å²) in [4.78, 5) is 11.4. The number of hydrogen-bond donors (Lipinski definition) is 1. The summed E-state index contributed by atoms with van der Waals surface area (Å²) in [5.41, 5.74) is 1.13. The van der Waals surface area contributed by atoms with Gasteiger partial charge in [-0.05, 0) is 18.6 Å². The zero-order valence-corrected chi connectivity index (χ0v) is 9.08. The quantitative estimate of drug-likeness (QED) is 0.644. The molecule has 0 atom stereocenters. The Morgan fingerprint density at radius 2 is 1.88 bits per heavy atom. The minimum Gasteiger partial charge on any atom is -0.267 e. The van der Waals surface area contributed by atoms with Crippen LogP contribution >= 0.6 is 0 Å². The SMILES string of the molecule is CCC(=NNC(=O)c1ccccc1)C(F)(F)F. The molecule has 92 valence electrons. The number of carbonyl (C=O) groups is 1. The van der Waals surface area contributed by atoms with Crippen molar-refractivity contribution >= 4 is 11.6 Å². The van der Waals surface area contributed by atoms with E-state index in [1.807, 2.05) is 5.43 Å². The van der Waals surface area contributed by atoms with Crippen molar-refractivity contribution in [2.24, 2.45) is 5.10 Å². The van der Waals surface area contributed by atoms with E-state index in [9.17, 15) is 18.0 Å². The molecule has 1 aromatic carbocycles. The van der Waals surface area contributed by atoms with Crippen LogP contribution in [0.15, 0.2) is 35.4 Å². The summed E-state index contributed by atoms with van der Waals surface area (Å²) in [6.45, 7) is 1.32. The van der Waals surface area contributed by atoms with Crippen molar-refractivity contribution in [1.82, 2.24) is 5.43 Å². The summed E-state index contributed by atoms with van der Waals surface area (Å²) in [6, 6.07) is 7.91. The molecule has 0 fully saturated rings. The second-order valence-electron chi connectivity index (χ2n) is 3.22. The smallest absolute Gasteiger partial charge is 0.267 e. The monoisotopic (exact) mass is 244 g/mol. The fourth-order valence-electron chi connectivity index (χ4n) is 1.12. The number of hydrogen-bond acceptors (Lipinski definition) is 2. The molecule has 0 aliphatic rings. The lowest BCUT2D eigenvalue weighted by Gasteiger charge is -2.08. The van der Waals surface area contributed by atoms with Crippen LogP contribution in [0.1, 0.15) is 23.7 Å². The molecule has 1 amide bonds. The lowest BCUT2D eigenvalue weighted by molar-refractivity contribution is -0.0606. The number of benzene rings is 1. The normalized spacial score (nSPS) is 12.4. The van der Waals surface area contributed by atoms with Gasteiger partial charge in [0.1, 0.15) is 5.71 Å². The number of nitrogens with zero attached hydrogens (tertiary/aromatic N) is 1. The van der Waals surface area contributed by atoms with Crippen molar-refractivity contribution in [2.75, 3.05) is 0 Å². The number of nitrogens with one attached hydrogen (secondary N) is 1. The Morgan fingerprint density at radius 1 is 1.29 bits per heavy atom. The van der Waals surface area contributed by atoms with E-state index in [0.717, 1.165) is 0 Å². The molecule has 3 nitrogen and oxygen atoms in total. The van der Waals surface area contributed by atoms with Crippen LogP contribution in [0.2, 0.25) is 0 Å². The highest BCUT2D eigenvalue weighted by Crippen LogP contribution is 2.18. The number of hydrazone groups is 1. The summed E-state index contributed by atoms with van der Waals surface area (Å²) in [7, 11) is 0. The third-order valence-electron chi connectivity index (χ3n) is 1.99. The molecule has 0 aliphatic heterocycles. The van der Waals surface area contributed by atoms with Crippen LogP contribution in [0.5, 0.6) is 0 Å². The van der Waals surface area contributed by atoms with E-state index < -0.39 is 17.8 Å². The van der Waals surface area contributed by atoms with Crippen molar-refractivity contribution in [3.63, 3.8) is 0 Å². The molecule has 0 unspecified atom stereocenters. The van der Waals surface area contributed by atoms with Gasteiger partial charge in [0, 0.05) is 5.56 Å². The van der Waals surface area contributed by atoms with Crippen LogP contribution in [-0.2, 0) is 0 Å². The molecule has 0 aromatic heterocycles. The first-order valence-electron chi connectivity index (χ1n) is 4.94. The van der Waals surface area contributed by atoms with Gasteiger partial charge in [-0.3, -0.25) is 4.79 Å². The summed E-state index contributed by atoms with van der Waals surface area (Å²) in [6.07, 6.45) is -4.81. The highest BCUT2D eigenvalue weighted by atomic mass is 19.4. The van der Waals surface area contributed by atoms with E-state index in [1.54, 1.807) is 18.2 Å². The molecule has 1 rings (SSSR count). The lowest BCUT2D eigenvalue weighted by atomic mass is 10.2. The molecule has 1 aromatic rings. The average molecular weight is 244 g/mol. The van der Waals surface area contributed by atoms with Gasteiger partial charge in [-0.2, -0.15) is 18.3 Å². The number of alkyl halides is 3. The van der Waals surface area contributed by atoms with Crippen molar-refractivity contribution in [2.45, 2.75) is 19.5 Å². The molecule has 1 N–H and O–H groups in total. The van der Waals surface area contributed by atoms with Gasteiger partial charge in [0.25, 0.3) is 5.91 Å². The Bertz CT molecular complexity index is 412. The Morgan fingerprint density at radius 3 is 2.35 bits per heavy atom. The first kappa shape index (κ1) is 13.2. The van der Waals surface area contributed by atoms with Gasteiger partial charge < -0.3 is 0 Å². The molecule has 0 heterocycles. The van der Waals surface area contributed by atoms with Crippen molar-refractivity contribution in [1.29, 1.82) is 0 Å². The summed E-state index contributed by atoms with van der Waals surface area (Å²) in [5, 5.41) is 3.08. The van der Waals surface area contributed by atoms with Crippen molar-refractivity contribution < 1.29 is 18.0 Å². The van der Waals surface area contributed by atoms with Gasteiger partial charge in [0.2, 0.25) is 0 Å². The summed E-state index contributed by atoms with van der Waals surface area (Å²) < 4.78 is 36.9. The van der Waals surface area contributed by atoms with Crippen LogP contribution in [0.25, 0.3) is 0 Å². The lowest BCUT2D eigenvalue weighted by Crippen LogP contribution is -2.27. The van der Waals surface area contributed by atoms with Gasteiger partial charge in [-0.25, -0.2) is 5.43 Å². The van der Waals surface area contributed by atoms with E-state index in [0.29, 0.717) is 0 Å². The van der Waals surface area contributed by atoms with Crippen molar-refractivity contribution in [3.05, 3.63) is 35.9 Å². The first-order chi connectivity index (χ1) is 7.95. The minimum absolute atomic E-state index is 0.258. The number of halogens is 3. The van der Waals surface area contributed by atoms with Gasteiger partial charge in [-0.15, -0.1) is 0 Å². The molecular weight excluding hydrogens is 233 g/mol. The third kappa shape index (κ3) is 3.90. The summed E-state index contributed by atoms with van der Waals surface area (Å²) >= 11 is 0. The van der Waals surface area contributed by atoms with Crippen LogP contribution in [0, 0.1) is 0 Å². The van der Waals surface area contributed by atoms with Crippen LogP contribution < -0.4 is 5.43 Å². The molecule has 0 spiro atoms. The number of rotatable bonds is 3. The van der Waals surface area contributed by atoms with Crippen LogP contribution in [0.3, 0.4) is 0 Å². The zero-order chi connectivity index (χ0) is 12.9. The molecule has 17 heavy (non-hydrogen) atoms. The minimum atomic E-state index is -4.52. The highest BCUT2D eigenvalue weighted by Gasteiger charge is 2.34. The zero-order valence-electron chi connectivity index (χ0n) is 9.08. The van der Waals surface area contributed by atoms with E-state index in [2.05, 4.69) is 5.10 Å². The molecule has 0 radical (unpaired) electrons. The van der Waals surface area contributed by atoms with Crippen molar-refractivity contribution in [3.8, 4) is 0 Å². The fraction of sp³-hybridized carbons (Fsp3) is 0.273. The standard InChI is InChI=1S/C11H11F3N2O/c1-2-9(11(12,13)14)15-16-10(17)8-6-4-3-5-7-8/h3-7H,2H2,1H3,(H,16,17). The van der Waals surface area contributed by atoms with E-state index in [4.69, 9.17) is 0 Å².